The van der Waals surface area contributed by atoms with Gasteiger partial charge in [-0.2, -0.15) is 0 Å². The van der Waals surface area contributed by atoms with Crippen LogP contribution in [0.4, 0.5) is 0 Å². The predicted octanol–water partition coefficient (Wildman–Crippen LogP) is 1.15. The Morgan fingerprint density at radius 2 is 2.08 bits per heavy atom. The topological polar surface area (TPSA) is 46.3 Å². The van der Waals surface area contributed by atoms with Crippen molar-refractivity contribution in [1.82, 2.24) is 4.90 Å². The molecule has 3 nitrogen and oxygen atoms in total. The van der Waals surface area contributed by atoms with Gasteiger partial charge < -0.3 is 10.6 Å². The number of hydrogen-bond donors (Lipinski definition) is 1. The van der Waals surface area contributed by atoms with E-state index in [9.17, 15) is 4.79 Å². The molecular formula is C10H20N2O. The van der Waals surface area contributed by atoms with Gasteiger partial charge in [0.25, 0.3) is 0 Å². The van der Waals surface area contributed by atoms with Gasteiger partial charge in [-0.1, -0.05) is 6.08 Å². The average Bonchev–Trinajstić information content (AvgIpc) is 2.03. The van der Waals surface area contributed by atoms with Crippen molar-refractivity contribution >= 4 is 5.91 Å². The summed E-state index contributed by atoms with van der Waals surface area (Å²) in [4.78, 5) is 12.8. The van der Waals surface area contributed by atoms with Gasteiger partial charge in [0.1, 0.15) is 0 Å². The van der Waals surface area contributed by atoms with Crippen molar-refractivity contribution in [2.24, 2.45) is 5.73 Å². The summed E-state index contributed by atoms with van der Waals surface area (Å²) in [6.45, 7) is 3.91. The molecule has 0 bridgehead atoms. The van der Waals surface area contributed by atoms with Crippen LogP contribution in [-0.4, -0.2) is 30.9 Å². The highest BCUT2D eigenvalue weighted by Gasteiger charge is 2.03. The molecule has 0 fully saturated rings. The SMILES string of the molecule is C/C(=C\CCC(C)N(C)C)C(N)=O. The first-order valence-electron chi connectivity index (χ1n) is 4.58. The quantitative estimate of drug-likeness (QED) is 0.651. The molecule has 13 heavy (non-hydrogen) atoms. The molecule has 0 radical (unpaired) electrons. The molecule has 0 spiro atoms. The number of amides is 1. The van der Waals surface area contributed by atoms with Crippen LogP contribution in [0.2, 0.25) is 0 Å². The van der Waals surface area contributed by atoms with E-state index in [-0.39, 0.29) is 5.91 Å². The van der Waals surface area contributed by atoms with Crippen LogP contribution in [0.3, 0.4) is 0 Å². The summed E-state index contributed by atoms with van der Waals surface area (Å²) >= 11 is 0. The van der Waals surface area contributed by atoms with E-state index in [1.165, 1.54) is 0 Å². The van der Waals surface area contributed by atoms with E-state index in [1.54, 1.807) is 6.92 Å². The summed E-state index contributed by atoms with van der Waals surface area (Å²) in [5, 5.41) is 0. The van der Waals surface area contributed by atoms with E-state index in [0.29, 0.717) is 11.6 Å². The molecule has 0 aromatic carbocycles. The molecule has 1 unspecified atom stereocenters. The largest absolute Gasteiger partial charge is 0.366 e. The van der Waals surface area contributed by atoms with Gasteiger partial charge in [-0.25, -0.2) is 0 Å². The molecule has 0 saturated carbocycles. The van der Waals surface area contributed by atoms with Gasteiger partial charge in [0.2, 0.25) is 5.91 Å². The summed E-state index contributed by atoms with van der Waals surface area (Å²) in [6.07, 6.45) is 3.87. The number of allylic oxidation sites excluding steroid dienone is 1. The average molecular weight is 184 g/mol. The molecule has 0 aliphatic carbocycles. The molecule has 0 aromatic rings. The number of nitrogens with zero attached hydrogens (tertiary/aromatic N) is 1. The van der Waals surface area contributed by atoms with Gasteiger partial charge in [-0.05, 0) is 40.8 Å². The van der Waals surface area contributed by atoms with Gasteiger partial charge in [0.05, 0.1) is 0 Å². The Bertz CT molecular complexity index is 197. The number of nitrogens with two attached hydrogens (primary N) is 1. The molecular weight excluding hydrogens is 164 g/mol. The fourth-order valence-corrected chi connectivity index (χ4v) is 0.900. The van der Waals surface area contributed by atoms with Crippen molar-refractivity contribution in [2.75, 3.05) is 14.1 Å². The van der Waals surface area contributed by atoms with E-state index in [1.807, 2.05) is 6.08 Å². The normalized spacial score (nSPS) is 14.7. The number of carbonyl (C=O) groups is 1. The molecule has 0 aromatic heterocycles. The second kappa shape index (κ2) is 5.75. The Kier molecular flexibility index (Phi) is 5.39. The lowest BCUT2D eigenvalue weighted by atomic mass is 10.1. The summed E-state index contributed by atoms with van der Waals surface area (Å²) in [5.74, 6) is -0.322. The maximum atomic E-state index is 10.7. The molecule has 0 aliphatic rings. The highest BCUT2D eigenvalue weighted by Crippen LogP contribution is 2.04. The third-order valence-electron chi connectivity index (χ3n) is 2.31. The lowest BCUT2D eigenvalue weighted by Crippen LogP contribution is -2.24. The van der Waals surface area contributed by atoms with Crippen LogP contribution >= 0.6 is 0 Å². The fraction of sp³-hybridized carbons (Fsp3) is 0.700. The first-order chi connectivity index (χ1) is 5.95. The fourth-order valence-electron chi connectivity index (χ4n) is 0.900. The molecule has 0 rings (SSSR count). The van der Waals surface area contributed by atoms with Gasteiger partial charge in [-0.3, -0.25) is 4.79 Å². The predicted molar refractivity (Wildman–Crippen MR) is 55.3 cm³/mol. The molecule has 0 aliphatic heterocycles. The molecule has 1 amide bonds. The van der Waals surface area contributed by atoms with Crippen LogP contribution in [0.1, 0.15) is 26.7 Å². The molecule has 2 N–H and O–H groups in total. The summed E-state index contributed by atoms with van der Waals surface area (Å²) in [7, 11) is 4.10. The Hall–Kier alpha value is -0.830. The lowest BCUT2D eigenvalue weighted by Gasteiger charge is -2.18. The number of carbonyl (C=O) groups excluding carboxylic acids is 1. The van der Waals surface area contributed by atoms with Crippen LogP contribution in [0.15, 0.2) is 11.6 Å². The first kappa shape index (κ1) is 12.2. The van der Waals surface area contributed by atoms with E-state index in [2.05, 4.69) is 25.9 Å². The van der Waals surface area contributed by atoms with Gasteiger partial charge >= 0.3 is 0 Å². The standard InChI is InChI=1S/C10H20N2O/c1-8(10(11)13)6-5-7-9(2)12(3)4/h6,9H,5,7H2,1-4H3,(H2,11,13)/b8-6+. The zero-order chi connectivity index (χ0) is 10.4. The minimum absolute atomic E-state index is 0.322. The van der Waals surface area contributed by atoms with Crippen molar-refractivity contribution in [1.29, 1.82) is 0 Å². The third-order valence-corrected chi connectivity index (χ3v) is 2.31. The van der Waals surface area contributed by atoms with E-state index >= 15 is 0 Å². The number of primary amides is 1. The van der Waals surface area contributed by atoms with Crippen molar-refractivity contribution in [3.63, 3.8) is 0 Å². The highest BCUT2D eigenvalue weighted by atomic mass is 16.1. The zero-order valence-electron chi connectivity index (χ0n) is 9.00. The Balaban J connectivity index is 3.79. The summed E-state index contributed by atoms with van der Waals surface area (Å²) in [6, 6.07) is 0.539. The Labute approximate surface area is 80.6 Å². The van der Waals surface area contributed by atoms with Crippen LogP contribution in [0, 0.1) is 0 Å². The maximum absolute atomic E-state index is 10.7. The van der Waals surface area contributed by atoms with Crippen LogP contribution in [0.5, 0.6) is 0 Å². The van der Waals surface area contributed by atoms with E-state index < -0.39 is 0 Å². The molecule has 0 heterocycles. The van der Waals surface area contributed by atoms with Crippen molar-refractivity contribution in [2.45, 2.75) is 32.7 Å². The number of hydrogen-bond acceptors (Lipinski definition) is 2. The minimum atomic E-state index is -0.322. The zero-order valence-corrected chi connectivity index (χ0v) is 9.00. The minimum Gasteiger partial charge on any atom is -0.366 e. The van der Waals surface area contributed by atoms with Crippen molar-refractivity contribution < 1.29 is 4.79 Å². The van der Waals surface area contributed by atoms with Crippen LogP contribution in [0.25, 0.3) is 0 Å². The van der Waals surface area contributed by atoms with E-state index in [0.717, 1.165) is 12.8 Å². The smallest absolute Gasteiger partial charge is 0.244 e. The lowest BCUT2D eigenvalue weighted by molar-refractivity contribution is -0.114. The third kappa shape index (κ3) is 5.42. The van der Waals surface area contributed by atoms with Gasteiger partial charge in [0.15, 0.2) is 0 Å². The Morgan fingerprint density at radius 3 is 2.46 bits per heavy atom. The molecule has 0 saturated heterocycles. The van der Waals surface area contributed by atoms with Gasteiger partial charge in [0, 0.05) is 11.6 Å². The molecule has 1 atom stereocenters. The number of rotatable bonds is 5. The van der Waals surface area contributed by atoms with Crippen LogP contribution < -0.4 is 5.73 Å². The highest BCUT2D eigenvalue weighted by molar-refractivity contribution is 5.91. The van der Waals surface area contributed by atoms with Crippen molar-refractivity contribution in [3.8, 4) is 0 Å². The maximum Gasteiger partial charge on any atom is 0.244 e. The van der Waals surface area contributed by atoms with Crippen molar-refractivity contribution in [3.05, 3.63) is 11.6 Å². The molecule has 3 heteroatoms. The monoisotopic (exact) mass is 184 g/mol. The van der Waals surface area contributed by atoms with E-state index in [4.69, 9.17) is 5.73 Å². The van der Waals surface area contributed by atoms with Gasteiger partial charge in [-0.15, -0.1) is 0 Å². The summed E-state index contributed by atoms with van der Waals surface area (Å²) < 4.78 is 0. The molecule has 76 valence electrons. The first-order valence-corrected chi connectivity index (χ1v) is 4.58. The summed E-state index contributed by atoms with van der Waals surface area (Å²) in [5.41, 5.74) is 5.75. The second-order valence-corrected chi connectivity index (χ2v) is 3.64. The Morgan fingerprint density at radius 1 is 1.54 bits per heavy atom. The second-order valence-electron chi connectivity index (χ2n) is 3.64. The van der Waals surface area contributed by atoms with Crippen LogP contribution in [-0.2, 0) is 4.79 Å².